The number of piperazine rings is 1. The molecule has 2 rings (SSSR count). The topological polar surface area (TPSA) is 50.8 Å². The third-order valence-electron chi connectivity index (χ3n) is 3.47. The van der Waals surface area contributed by atoms with E-state index in [1.54, 1.807) is 25.3 Å². The van der Waals surface area contributed by atoms with Crippen LogP contribution in [0.4, 0.5) is 0 Å². The number of hydrogen-bond acceptors (Lipinski definition) is 4. The highest BCUT2D eigenvalue weighted by atomic mass is 35.5. The smallest absolute Gasteiger partial charge is 0.254 e. The molecule has 1 atom stereocenters. The van der Waals surface area contributed by atoms with Crippen LogP contribution in [0.5, 0.6) is 11.5 Å². The Bertz CT molecular complexity index is 482. The molecule has 0 spiro atoms. The standard InChI is InChI=1S/C15H22N2O3.ClH/c1-4-20-13-6-5-12(9-14(13)19-3)15(18)17-8-7-16-10-11(17)2;/h5-6,9,11,16H,4,7-8,10H2,1-3H3;1H. The SMILES string of the molecule is CCOc1ccc(C(=O)N2CCNCC2C)cc1OC.Cl. The average molecular weight is 315 g/mol. The Morgan fingerprint density at radius 1 is 1.43 bits per heavy atom. The van der Waals surface area contributed by atoms with E-state index in [1.165, 1.54) is 0 Å². The lowest BCUT2D eigenvalue weighted by Crippen LogP contribution is -2.52. The molecule has 1 saturated heterocycles. The fourth-order valence-electron chi connectivity index (χ4n) is 2.38. The van der Waals surface area contributed by atoms with Crippen LogP contribution in [-0.4, -0.2) is 50.2 Å². The van der Waals surface area contributed by atoms with E-state index in [1.807, 2.05) is 11.8 Å². The van der Waals surface area contributed by atoms with E-state index < -0.39 is 0 Å². The first kappa shape index (κ1) is 17.6. The molecule has 0 aliphatic carbocycles. The Morgan fingerprint density at radius 2 is 2.19 bits per heavy atom. The van der Waals surface area contributed by atoms with Crippen LogP contribution in [0.3, 0.4) is 0 Å². The minimum absolute atomic E-state index is 0. The van der Waals surface area contributed by atoms with Crippen molar-refractivity contribution in [3.05, 3.63) is 23.8 Å². The number of ether oxygens (including phenoxy) is 2. The summed E-state index contributed by atoms with van der Waals surface area (Å²) in [6.45, 7) is 6.94. The number of nitrogens with zero attached hydrogens (tertiary/aromatic N) is 1. The normalized spacial score (nSPS) is 17.9. The molecular weight excluding hydrogens is 292 g/mol. The summed E-state index contributed by atoms with van der Waals surface area (Å²) >= 11 is 0. The van der Waals surface area contributed by atoms with Crippen molar-refractivity contribution in [3.63, 3.8) is 0 Å². The third kappa shape index (κ3) is 4.02. The zero-order chi connectivity index (χ0) is 14.5. The van der Waals surface area contributed by atoms with Gasteiger partial charge in [0.25, 0.3) is 5.91 Å². The minimum atomic E-state index is 0. The average Bonchev–Trinajstić information content (AvgIpc) is 2.48. The number of benzene rings is 1. The van der Waals surface area contributed by atoms with E-state index in [-0.39, 0.29) is 24.4 Å². The van der Waals surface area contributed by atoms with Crippen molar-refractivity contribution in [3.8, 4) is 11.5 Å². The van der Waals surface area contributed by atoms with Crippen LogP contribution in [0, 0.1) is 0 Å². The second-order valence-electron chi connectivity index (χ2n) is 4.85. The highest BCUT2D eigenvalue weighted by molar-refractivity contribution is 5.95. The molecule has 1 aliphatic heterocycles. The zero-order valence-corrected chi connectivity index (χ0v) is 13.5. The summed E-state index contributed by atoms with van der Waals surface area (Å²) in [5.74, 6) is 1.31. The largest absolute Gasteiger partial charge is 0.493 e. The maximum Gasteiger partial charge on any atom is 0.254 e. The molecule has 1 fully saturated rings. The van der Waals surface area contributed by atoms with E-state index >= 15 is 0 Å². The number of methoxy groups -OCH3 is 1. The molecule has 0 radical (unpaired) electrons. The lowest BCUT2D eigenvalue weighted by molar-refractivity contribution is 0.0655. The van der Waals surface area contributed by atoms with E-state index in [0.29, 0.717) is 23.7 Å². The van der Waals surface area contributed by atoms with Crippen molar-refractivity contribution >= 4 is 18.3 Å². The number of halogens is 1. The van der Waals surface area contributed by atoms with Gasteiger partial charge in [0.2, 0.25) is 0 Å². The first-order valence-electron chi connectivity index (χ1n) is 7.00. The summed E-state index contributed by atoms with van der Waals surface area (Å²) in [4.78, 5) is 14.4. The molecule has 1 aromatic rings. The monoisotopic (exact) mass is 314 g/mol. The molecular formula is C15H23ClN2O3. The van der Waals surface area contributed by atoms with Gasteiger partial charge in [-0.15, -0.1) is 12.4 Å². The maximum absolute atomic E-state index is 12.5. The molecule has 1 aliphatic rings. The molecule has 0 saturated carbocycles. The van der Waals surface area contributed by atoms with Crippen LogP contribution in [0.25, 0.3) is 0 Å². The molecule has 5 nitrogen and oxygen atoms in total. The zero-order valence-electron chi connectivity index (χ0n) is 12.7. The van der Waals surface area contributed by atoms with E-state index in [2.05, 4.69) is 12.2 Å². The van der Waals surface area contributed by atoms with Gasteiger partial charge in [0.1, 0.15) is 0 Å². The lowest BCUT2D eigenvalue weighted by atomic mass is 10.1. The molecule has 0 aromatic heterocycles. The first-order chi connectivity index (χ1) is 9.67. The number of nitrogens with one attached hydrogen (secondary N) is 1. The Kier molecular flexibility index (Phi) is 6.78. The van der Waals surface area contributed by atoms with Gasteiger partial charge in [-0.3, -0.25) is 4.79 Å². The van der Waals surface area contributed by atoms with Crippen molar-refractivity contribution in [2.24, 2.45) is 0 Å². The minimum Gasteiger partial charge on any atom is -0.493 e. The summed E-state index contributed by atoms with van der Waals surface area (Å²) in [5.41, 5.74) is 0.638. The molecule has 0 bridgehead atoms. The number of carbonyl (C=O) groups excluding carboxylic acids is 1. The van der Waals surface area contributed by atoms with Crippen LogP contribution in [0.1, 0.15) is 24.2 Å². The van der Waals surface area contributed by atoms with E-state index in [9.17, 15) is 4.79 Å². The van der Waals surface area contributed by atoms with Crippen molar-refractivity contribution in [1.82, 2.24) is 10.2 Å². The van der Waals surface area contributed by atoms with Gasteiger partial charge in [-0.25, -0.2) is 0 Å². The van der Waals surface area contributed by atoms with Crippen molar-refractivity contribution in [2.75, 3.05) is 33.4 Å². The number of hydrogen-bond donors (Lipinski definition) is 1. The van der Waals surface area contributed by atoms with Gasteiger partial charge in [-0.2, -0.15) is 0 Å². The van der Waals surface area contributed by atoms with Gasteiger partial charge in [-0.05, 0) is 32.0 Å². The molecule has 118 valence electrons. The fraction of sp³-hybridized carbons (Fsp3) is 0.533. The molecule has 1 N–H and O–H groups in total. The quantitative estimate of drug-likeness (QED) is 0.923. The summed E-state index contributed by atoms with van der Waals surface area (Å²) < 4.78 is 10.8. The number of rotatable bonds is 4. The highest BCUT2D eigenvalue weighted by Crippen LogP contribution is 2.28. The van der Waals surface area contributed by atoms with Gasteiger partial charge in [0, 0.05) is 31.2 Å². The van der Waals surface area contributed by atoms with Gasteiger partial charge in [0.05, 0.1) is 13.7 Å². The Morgan fingerprint density at radius 3 is 2.81 bits per heavy atom. The fourth-order valence-corrected chi connectivity index (χ4v) is 2.38. The Hall–Kier alpha value is -1.46. The van der Waals surface area contributed by atoms with Crippen molar-refractivity contribution in [2.45, 2.75) is 19.9 Å². The second kappa shape index (κ2) is 8.10. The van der Waals surface area contributed by atoms with Crippen LogP contribution >= 0.6 is 12.4 Å². The highest BCUT2D eigenvalue weighted by Gasteiger charge is 2.24. The molecule has 1 aromatic carbocycles. The third-order valence-corrected chi connectivity index (χ3v) is 3.47. The maximum atomic E-state index is 12.5. The van der Waals surface area contributed by atoms with E-state index in [4.69, 9.17) is 9.47 Å². The number of amides is 1. The molecule has 1 unspecified atom stereocenters. The van der Waals surface area contributed by atoms with Crippen LogP contribution in [-0.2, 0) is 0 Å². The molecule has 6 heteroatoms. The second-order valence-corrected chi connectivity index (χ2v) is 4.85. The van der Waals surface area contributed by atoms with Crippen LogP contribution in [0.2, 0.25) is 0 Å². The van der Waals surface area contributed by atoms with Gasteiger partial charge in [-0.1, -0.05) is 0 Å². The van der Waals surface area contributed by atoms with E-state index in [0.717, 1.165) is 19.6 Å². The summed E-state index contributed by atoms with van der Waals surface area (Å²) in [6.07, 6.45) is 0. The molecule has 1 amide bonds. The van der Waals surface area contributed by atoms with Crippen LogP contribution in [0.15, 0.2) is 18.2 Å². The lowest BCUT2D eigenvalue weighted by Gasteiger charge is -2.34. The Balaban J connectivity index is 0.00000220. The van der Waals surface area contributed by atoms with Crippen molar-refractivity contribution < 1.29 is 14.3 Å². The van der Waals surface area contributed by atoms with Crippen LogP contribution < -0.4 is 14.8 Å². The van der Waals surface area contributed by atoms with Gasteiger partial charge >= 0.3 is 0 Å². The molecule has 21 heavy (non-hydrogen) atoms. The number of carbonyl (C=O) groups is 1. The summed E-state index contributed by atoms with van der Waals surface area (Å²) in [6, 6.07) is 5.54. The summed E-state index contributed by atoms with van der Waals surface area (Å²) in [5, 5.41) is 3.28. The van der Waals surface area contributed by atoms with Gasteiger partial charge < -0.3 is 19.7 Å². The Labute approximate surface area is 132 Å². The predicted octanol–water partition coefficient (Wildman–Crippen LogP) is 1.95. The molecule has 1 heterocycles. The van der Waals surface area contributed by atoms with Crippen molar-refractivity contribution in [1.29, 1.82) is 0 Å². The first-order valence-corrected chi connectivity index (χ1v) is 7.00. The summed E-state index contributed by atoms with van der Waals surface area (Å²) in [7, 11) is 1.58. The van der Waals surface area contributed by atoms with Gasteiger partial charge in [0.15, 0.2) is 11.5 Å². The predicted molar refractivity (Wildman–Crippen MR) is 84.8 cm³/mol.